The second-order valence-electron chi connectivity index (χ2n) is 3.57. The number of halogens is 3. The minimum atomic E-state index is -4.31. The third-order valence-corrected chi connectivity index (χ3v) is 2.09. The quantitative estimate of drug-likeness (QED) is 0.747. The van der Waals surface area contributed by atoms with Gasteiger partial charge in [-0.2, -0.15) is 13.2 Å². The molecule has 0 aromatic heterocycles. The third kappa shape index (κ3) is 5.37. The highest BCUT2D eigenvalue weighted by molar-refractivity contribution is 5.01. The molecule has 16 heavy (non-hydrogen) atoms. The van der Waals surface area contributed by atoms with Gasteiger partial charge in [0, 0.05) is 13.0 Å². The number of alkyl halides is 3. The van der Waals surface area contributed by atoms with Crippen LogP contribution in [0, 0.1) is 0 Å². The lowest BCUT2D eigenvalue weighted by Gasteiger charge is -2.19. The first-order valence-corrected chi connectivity index (χ1v) is 5.14. The van der Waals surface area contributed by atoms with Crippen molar-refractivity contribution in [3.63, 3.8) is 0 Å². The summed E-state index contributed by atoms with van der Waals surface area (Å²) >= 11 is 0. The van der Waals surface area contributed by atoms with E-state index in [4.69, 9.17) is 4.74 Å². The molecule has 0 aliphatic carbocycles. The Kier molecular flexibility index (Phi) is 5.08. The predicted molar refractivity (Wildman–Crippen MR) is 50.8 cm³/mol. The molecule has 1 N–H and O–H groups in total. The average Bonchev–Trinajstić information content (AvgIpc) is 2.24. The van der Waals surface area contributed by atoms with Crippen LogP contribution >= 0.6 is 0 Å². The number of ether oxygens (including phenoxy) is 2. The van der Waals surface area contributed by atoms with Crippen LogP contribution in [0.25, 0.3) is 0 Å². The third-order valence-electron chi connectivity index (χ3n) is 2.09. The molecule has 1 heterocycles. The SMILES string of the molecule is OC(CCOCC(F)(F)F)C1=CCCCO1. The van der Waals surface area contributed by atoms with Gasteiger partial charge in [0.05, 0.1) is 6.61 Å². The summed E-state index contributed by atoms with van der Waals surface area (Å²) in [5.74, 6) is 0.446. The van der Waals surface area contributed by atoms with Crippen LogP contribution in [0.1, 0.15) is 19.3 Å². The van der Waals surface area contributed by atoms with Gasteiger partial charge in [0.2, 0.25) is 0 Å². The van der Waals surface area contributed by atoms with E-state index in [2.05, 4.69) is 4.74 Å². The molecule has 3 nitrogen and oxygen atoms in total. The number of rotatable bonds is 5. The van der Waals surface area contributed by atoms with E-state index in [0.717, 1.165) is 12.8 Å². The number of hydrogen-bond acceptors (Lipinski definition) is 3. The highest BCUT2D eigenvalue weighted by Crippen LogP contribution is 2.17. The molecule has 0 bridgehead atoms. The second-order valence-corrected chi connectivity index (χ2v) is 3.57. The molecule has 0 saturated carbocycles. The minimum absolute atomic E-state index is 0.113. The molecule has 0 aromatic rings. The molecule has 0 spiro atoms. The Morgan fingerprint density at radius 3 is 2.81 bits per heavy atom. The normalized spacial score (nSPS) is 18.9. The van der Waals surface area contributed by atoms with Crippen molar-refractivity contribution in [2.45, 2.75) is 31.5 Å². The van der Waals surface area contributed by atoms with Gasteiger partial charge in [-0.3, -0.25) is 0 Å². The van der Waals surface area contributed by atoms with Gasteiger partial charge in [0.1, 0.15) is 18.5 Å². The van der Waals surface area contributed by atoms with Crippen LogP contribution < -0.4 is 0 Å². The molecule has 1 unspecified atom stereocenters. The molecule has 0 radical (unpaired) electrons. The fourth-order valence-electron chi connectivity index (χ4n) is 1.33. The summed E-state index contributed by atoms with van der Waals surface area (Å²) in [5.41, 5.74) is 0. The maximum atomic E-state index is 11.7. The fourth-order valence-corrected chi connectivity index (χ4v) is 1.33. The highest BCUT2D eigenvalue weighted by Gasteiger charge is 2.27. The first kappa shape index (κ1) is 13.3. The summed E-state index contributed by atoms with van der Waals surface area (Å²) in [6.07, 6.45) is -1.57. The van der Waals surface area contributed by atoms with Gasteiger partial charge < -0.3 is 14.6 Å². The molecule has 1 aliphatic heterocycles. The largest absolute Gasteiger partial charge is 0.496 e. The molecule has 1 aliphatic rings. The zero-order chi connectivity index (χ0) is 12.0. The first-order chi connectivity index (χ1) is 7.49. The van der Waals surface area contributed by atoms with Gasteiger partial charge in [-0.05, 0) is 18.9 Å². The van der Waals surface area contributed by atoms with Crippen LogP contribution in [0.3, 0.4) is 0 Å². The fraction of sp³-hybridized carbons (Fsp3) is 0.800. The van der Waals surface area contributed by atoms with Crippen molar-refractivity contribution in [1.29, 1.82) is 0 Å². The zero-order valence-electron chi connectivity index (χ0n) is 8.79. The van der Waals surface area contributed by atoms with Crippen LogP contribution in [0.15, 0.2) is 11.8 Å². The summed E-state index contributed by atoms with van der Waals surface area (Å²) in [6.45, 7) is -0.868. The summed E-state index contributed by atoms with van der Waals surface area (Å²) in [6, 6.07) is 0. The van der Waals surface area contributed by atoms with Crippen LogP contribution in [0.2, 0.25) is 0 Å². The number of allylic oxidation sites excluding steroid dienone is 1. The van der Waals surface area contributed by atoms with Gasteiger partial charge in [-0.15, -0.1) is 0 Å². The summed E-state index contributed by atoms with van der Waals surface area (Å²) in [5, 5.41) is 9.55. The maximum absolute atomic E-state index is 11.7. The number of hydrogen-bond donors (Lipinski definition) is 1. The second kappa shape index (κ2) is 6.10. The molecule has 94 valence electrons. The lowest BCUT2D eigenvalue weighted by molar-refractivity contribution is -0.175. The first-order valence-electron chi connectivity index (χ1n) is 5.14. The highest BCUT2D eigenvalue weighted by atomic mass is 19.4. The molecular formula is C10H15F3O3. The smallest absolute Gasteiger partial charge is 0.411 e. The topological polar surface area (TPSA) is 38.7 Å². The van der Waals surface area contributed by atoms with Gasteiger partial charge >= 0.3 is 6.18 Å². The van der Waals surface area contributed by atoms with Crippen molar-refractivity contribution >= 4 is 0 Å². The van der Waals surface area contributed by atoms with Crippen molar-refractivity contribution in [2.75, 3.05) is 19.8 Å². The van der Waals surface area contributed by atoms with Gasteiger partial charge in [0.25, 0.3) is 0 Å². The van der Waals surface area contributed by atoms with E-state index < -0.39 is 18.9 Å². The average molecular weight is 240 g/mol. The Labute approximate surface area is 91.8 Å². The van der Waals surface area contributed by atoms with Crippen LogP contribution in [-0.2, 0) is 9.47 Å². The maximum Gasteiger partial charge on any atom is 0.411 e. The Balaban J connectivity index is 2.15. The van der Waals surface area contributed by atoms with E-state index in [9.17, 15) is 18.3 Å². The molecule has 6 heteroatoms. The van der Waals surface area contributed by atoms with Crippen LogP contribution in [0.4, 0.5) is 13.2 Å². The van der Waals surface area contributed by atoms with E-state index >= 15 is 0 Å². The van der Waals surface area contributed by atoms with Gasteiger partial charge in [-0.1, -0.05) is 0 Å². The molecule has 0 saturated heterocycles. The summed E-state index contributed by atoms with van der Waals surface area (Å²) < 4.78 is 44.7. The standard InChI is InChI=1S/C10H15F3O3/c11-10(12,13)7-15-6-4-8(14)9-3-1-2-5-16-9/h3,8,14H,1-2,4-7H2. The van der Waals surface area contributed by atoms with Crippen LogP contribution in [-0.4, -0.2) is 37.2 Å². The van der Waals surface area contributed by atoms with E-state index in [1.165, 1.54) is 0 Å². The van der Waals surface area contributed by atoms with Gasteiger partial charge in [0.15, 0.2) is 0 Å². The lowest BCUT2D eigenvalue weighted by atomic mass is 10.1. The number of aliphatic hydroxyl groups excluding tert-OH is 1. The number of aliphatic hydroxyl groups is 1. The van der Waals surface area contributed by atoms with E-state index in [0.29, 0.717) is 12.4 Å². The molecule has 0 fully saturated rings. The van der Waals surface area contributed by atoms with E-state index in [1.54, 1.807) is 6.08 Å². The Hall–Kier alpha value is -0.750. The lowest BCUT2D eigenvalue weighted by Crippen LogP contribution is -2.21. The summed E-state index contributed by atoms with van der Waals surface area (Å²) in [4.78, 5) is 0. The van der Waals surface area contributed by atoms with Crippen molar-refractivity contribution < 1.29 is 27.8 Å². The van der Waals surface area contributed by atoms with Crippen LogP contribution in [0.5, 0.6) is 0 Å². The predicted octanol–water partition coefficient (Wildman–Crippen LogP) is 2.01. The summed E-state index contributed by atoms with van der Waals surface area (Å²) in [7, 11) is 0. The minimum Gasteiger partial charge on any atom is -0.496 e. The van der Waals surface area contributed by atoms with Crippen molar-refractivity contribution in [1.82, 2.24) is 0 Å². The van der Waals surface area contributed by atoms with Crippen molar-refractivity contribution in [3.8, 4) is 0 Å². The van der Waals surface area contributed by atoms with Gasteiger partial charge in [-0.25, -0.2) is 0 Å². The molecular weight excluding hydrogens is 225 g/mol. The Bertz CT molecular complexity index is 238. The molecule has 1 rings (SSSR count). The van der Waals surface area contributed by atoms with Crippen molar-refractivity contribution in [2.24, 2.45) is 0 Å². The van der Waals surface area contributed by atoms with E-state index in [1.807, 2.05) is 0 Å². The molecule has 1 atom stereocenters. The van der Waals surface area contributed by atoms with Crippen molar-refractivity contribution in [3.05, 3.63) is 11.8 Å². The molecule has 0 aromatic carbocycles. The Morgan fingerprint density at radius 1 is 1.50 bits per heavy atom. The molecule has 0 amide bonds. The zero-order valence-corrected chi connectivity index (χ0v) is 8.79. The Morgan fingerprint density at radius 2 is 2.25 bits per heavy atom. The van der Waals surface area contributed by atoms with E-state index in [-0.39, 0.29) is 13.0 Å². The monoisotopic (exact) mass is 240 g/mol.